The first-order valence-corrected chi connectivity index (χ1v) is 6.84. The van der Waals surface area contributed by atoms with Gasteiger partial charge in [0.2, 0.25) is 0 Å². The van der Waals surface area contributed by atoms with E-state index in [1.807, 2.05) is 18.4 Å². The molecule has 0 spiro atoms. The summed E-state index contributed by atoms with van der Waals surface area (Å²) in [4.78, 5) is 11.9. The minimum absolute atomic E-state index is 0.00181. The van der Waals surface area contributed by atoms with Crippen LogP contribution in [-0.2, 0) is 6.42 Å². The molecule has 1 heterocycles. The van der Waals surface area contributed by atoms with Crippen LogP contribution in [0, 0.1) is 0 Å². The molecule has 100 valence electrons. The predicted octanol–water partition coefficient (Wildman–Crippen LogP) is 2.52. The minimum atomic E-state index is -0.293. The molecule has 0 aliphatic heterocycles. The Bertz CT molecular complexity index is 566. The third-order valence-corrected chi connectivity index (χ3v) is 3.47. The Labute approximate surface area is 115 Å². The summed E-state index contributed by atoms with van der Waals surface area (Å²) in [5.74, 6) is -0.793. The van der Waals surface area contributed by atoms with Gasteiger partial charge in [0.05, 0.1) is 0 Å². The molecular weight excluding hydrogens is 262 g/mol. The summed E-state index contributed by atoms with van der Waals surface area (Å²) < 4.78 is 0. The van der Waals surface area contributed by atoms with Gasteiger partial charge in [-0.3, -0.25) is 4.79 Å². The fourth-order valence-electron chi connectivity index (χ4n) is 1.79. The first-order chi connectivity index (χ1) is 9.06. The molecule has 0 saturated heterocycles. The molecule has 0 aliphatic rings. The number of nitrogens with one attached hydrogen (secondary N) is 1. The van der Waals surface area contributed by atoms with E-state index in [2.05, 4.69) is 10.7 Å². The molecule has 2 aromatic rings. The van der Waals surface area contributed by atoms with Crippen molar-refractivity contribution in [1.82, 2.24) is 5.32 Å². The van der Waals surface area contributed by atoms with Crippen molar-refractivity contribution < 1.29 is 15.0 Å². The second-order valence-electron chi connectivity index (χ2n) is 4.41. The average molecular weight is 277 g/mol. The molecule has 19 heavy (non-hydrogen) atoms. The highest BCUT2D eigenvalue weighted by molar-refractivity contribution is 7.07. The van der Waals surface area contributed by atoms with Crippen molar-refractivity contribution in [3.8, 4) is 11.5 Å². The van der Waals surface area contributed by atoms with E-state index in [-0.39, 0.29) is 23.4 Å². The van der Waals surface area contributed by atoms with Gasteiger partial charge in [-0.2, -0.15) is 11.3 Å². The van der Waals surface area contributed by atoms with Crippen LogP contribution in [0.1, 0.15) is 22.8 Å². The molecular formula is C14H15NO3S. The summed E-state index contributed by atoms with van der Waals surface area (Å²) in [7, 11) is 0. The van der Waals surface area contributed by atoms with Crippen LogP contribution in [0.15, 0.2) is 35.0 Å². The summed E-state index contributed by atoms with van der Waals surface area (Å²) >= 11 is 1.63. The lowest BCUT2D eigenvalue weighted by molar-refractivity contribution is 0.0939. The third kappa shape index (κ3) is 3.48. The van der Waals surface area contributed by atoms with E-state index in [1.54, 1.807) is 11.3 Å². The van der Waals surface area contributed by atoms with Gasteiger partial charge in [0, 0.05) is 11.6 Å². The van der Waals surface area contributed by atoms with Crippen LogP contribution in [0.25, 0.3) is 0 Å². The standard InChI is InChI=1S/C14H15NO3S/c1-9(6-10-4-5-19-8-10)15-14(18)11-2-3-12(16)13(17)7-11/h2-5,7-9,16-17H,6H2,1H3,(H,15,18). The third-order valence-electron chi connectivity index (χ3n) is 2.74. The Balaban J connectivity index is 1.98. The lowest BCUT2D eigenvalue weighted by Crippen LogP contribution is -2.33. The van der Waals surface area contributed by atoms with Crippen molar-refractivity contribution in [3.63, 3.8) is 0 Å². The van der Waals surface area contributed by atoms with Crippen molar-refractivity contribution in [2.24, 2.45) is 0 Å². The number of phenolic OH excluding ortho intramolecular Hbond substituents is 2. The molecule has 0 bridgehead atoms. The molecule has 4 nitrogen and oxygen atoms in total. The van der Waals surface area contributed by atoms with E-state index in [0.717, 1.165) is 6.42 Å². The first-order valence-electron chi connectivity index (χ1n) is 5.90. The summed E-state index contributed by atoms with van der Waals surface area (Å²) in [5.41, 5.74) is 1.51. The van der Waals surface area contributed by atoms with Crippen molar-refractivity contribution >= 4 is 17.2 Å². The van der Waals surface area contributed by atoms with Crippen LogP contribution < -0.4 is 5.32 Å². The van der Waals surface area contributed by atoms with E-state index >= 15 is 0 Å². The molecule has 5 heteroatoms. The van der Waals surface area contributed by atoms with Gasteiger partial charge in [-0.1, -0.05) is 0 Å². The predicted molar refractivity (Wildman–Crippen MR) is 74.7 cm³/mol. The molecule has 1 atom stereocenters. The van der Waals surface area contributed by atoms with Crippen LogP contribution in [-0.4, -0.2) is 22.2 Å². The molecule has 1 aromatic heterocycles. The van der Waals surface area contributed by atoms with E-state index in [1.165, 1.54) is 23.8 Å². The maximum absolute atomic E-state index is 11.9. The molecule has 3 N–H and O–H groups in total. The van der Waals surface area contributed by atoms with Gasteiger partial charge in [0.1, 0.15) is 0 Å². The molecule has 2 rings (SSSR count). The Hall–Kier alpha value is -2.01. The Kier molecular flexibility index (Phi) is 4.06. The summed E-state index contributed by atoms with van der Waals surface area (Å²) in [6, 6.07) is 6.05. The van der Waals surface area contributed by atoms with Crippen LogP contribution in [0.3, 0.4) is 0 Å². The van der Waals surface area contributed by atoms with Gasteiger partial charge in [-0.15, -0.1) is 0 Å². The zero-order chi connectivity index (χ0) is 13.8. The Morgan fingerprint density at radius 2 is 2.11 bits per heavy atom. The molecule has 0 fully saturated rings. The van der Waals surface area contributed by atoms with Gasteiger partial charge in [0.25, 0.3) is 5.91 Å². The number of aromatic hydroxyl groups is 2. The monoisotopic (exact) mass is 277 g/mol. The topological polar surface area (TPSA) is 69.6 Å². The van der Waals surface area contributed by atoms with Gasteiger partial charge in [-0.25, -0.2) is 0 Å². The maximum Gasteiger partial charge on any atom is 0.251 e. The smallest absolute Gasteiger partial charge is 0.251 e. The molecule has 0 aliphatic carbocycles. The largest absolute Gasteiger partial charge is 0.504 e. The molecule has 0 radical (unpaired) electrons. The number of hydrogen-bond acceptors (Lipinski definition) is 4. The number of hydrogen-bond donors (Lipinski definition) is 3. The lowest BCUT2D eigenvalue weighted by atomic mass is 10.1. The van der Waals surface area contributed by atoms with Crippen molar-refractivity contribution in [2.45, 2.75) is 19.4 Å². The van der Waals surface area contributed by atoms with E-state index in [9.17, 15) is 15.0 Å². The number of phenols is 2. The van der Waals surface area contributed by atoms with E-state index in [4.69, 9.17) is 0 Å². The quantitative estimate of drug-likeness (QED) is 0.752. The normalized spacial score (nSPS) is 12.1. The van der Waals surface area contributed by atoms with Gasteiger partial charge < -0.3 is 15.5 Å². The minimum Gasteiger partial charge on any atom is -0.504 e. The highest BCUT2D eigenvalue weighted by Gasteiger charge is 2.12. The number of amides is 1. The van der Waals surface area contributed by atoms with E-state index in [0.29, 0.717) is 5.56 Å². The van der Waals surface area contributed by atoms with Crippen LogP contribution in [0.4, 0.5) is 0 Å². The van der Waals surface area contributed by atoms with Crippen LogP contribution in [0.2, 0.25) is 0 Å². The van der Waals surface area contributed by atoms with Crippen molar-refractivity contribution in [2.75, 3.05) is 0 Å². The number of thiophene rings is 1. The first kappa shape index (κ1) is 13.4. The summed E-state index contributed by atoms with van der Waals surface area (Å²) in [6.45, 7) is 1.93. The Morgan fingerprint density at radius 1 is 1.32 bits per heavy atom. The zero-order valence-corrected chi connectivity index (χ0v) is 11.3. The molecule has 0 saturated carbocycles. The average Bonchev–Trinajstić information content (AvgIpc) is 2.85. The SMILES string of the molecule is CC(Cc1ccsc1)NC(=O)c1ccc(O)c(O)c1. The van der Waals surface area contributed by atoms with E-state index < -0.39 is 0 Å². The Morgan fingerprint density at radius 3 is 2.74 bits per heavy atom. The maximum atomic E-state index is 11.9. The second kappa shape index (κ2) is 5.75. The second-order valence-corrected chi connectivity index (χ2v) is 5.19. The van der Waals surface area contributed by atoms with Crippen LogP contribution >= 0.6 is 11.3 Å². The van der Waals surface area contributed by atoms with Crippen molar-refractivity contribution in [1.29, 1.82) is 0 Å². The highest BCUT2D eigenvalue weighted by Crippen LogP contribution is 2.24. The molecule has 1 aromatic carbocycles. The molecule has 1 unspecified atom stereocenters. The van der Waals surface area contributed by atoms with Crippen molar-refractivity contribution in [3.05, 3.63) is 46.2 Å². The number of rotatable bonds is 4. The number of carbonyl (C=O) groups excluding carboxylic acids is 1. The van der Waals surface area contributed by atoms with Gasteiger partial charge in [0.15, 0.2) is 11.5 Å². The van der Waals surface area contributed by atoms with Crippen LogP contribution in [0.5, 0.6) is 11.5 Å². The lowest BCUT2D eigenvalue weighted by Gasteiger charge is -2.13. The fraction of sp³-hybridized carbons (Fsp3) is 0.214. The summed E-state index contributed by atoms with van der Waals surface area (Å²) in [5, 5.41) is 25.5. The fourth-order valence-corrected chi connectivity index (χ4v) is 2.47. The highest BCUT2D eigenvalue weighted by atomic mass is 32.1. The van der Waals surface area contributed by atoms with Gasteiger partial charge in [-0.05, 0) is 53.9 Å². The zero-order valence-electron chi connectivity index (χ0n) is 10.5. The van der Waals surface area contributed by atoms with Gasteiger partial charge >= 0.3 is 0 Å². The number of carbonyl (C=O) groups is 1. The number of benzene rings is 1. The summed E-state index contributed by atoms with van der Waals surface area (Å²) in [6.07, 6.45) is 0.763. The molecule has 1 amide bonds.